The van der Waals surface area contributed by atoms with E-state index in [1.165, 1.54) is 17.5 Å². The van der Waals surface area contributed by atoms with Crippen LogP contribution in [0.25, 0.3) is 0 Å². The summed E-state index contributed by atoms with van der Waals surface area (Å²) in [5.41, 5.74) is -0.834. The zero-order valence-electron chi connectivity index (χ0n) is 15.9. The van der Waals surface area contributed by atoms with E-state index in [4.69, 9.17) is 14.2 Å². The Hall–Kier alpha value is -1.80. The van der Waals surface area contributed by atoms with Crippen molar-refractivity contribution in [2.24, 2.45) is 16.7 Å². The Kier molecular flexibility index (Phi) is 4.19. The number of esters is 1. The third-order valence-corrected chi connectivity index (χ3v) is 7.98. The zero-order chi connectivity index (χ0) is 19.4. The Morgan fingerprint density at radius 1 is 1.22 bits per heavy atom. The van der Waals surface area contributed by atoms with E-state index in [2.05, 4.69) is 13.8 Å². The van der Waals surface area contributed by atoms with Crippen LogP contribution in [-0.4, -0.2) is 52.1 Å². The molecular formula is C19H25NO6S. The SMILES string of the molecule is COC(=O)[C@@]12CN(S(=O)(=O)c3ccc4c(c3)OCCCO4)C[C@@H]1C(C)(C)C2. The molecule has 4 rings (SSSR count). The van der Waals surface area contributed by atoms with E-state index in [1.54, 1.807) is 12.1 Å². The second kappa shape index (κ2) is 6.10. The van der Waals surface area contributed by atoms with Gasteiger partial charge in [-0.25, -0.2) is 8.42 Å². The molecule has 1 saturated heterocycles. The monoisotopic (exact) mass is 395 g/mol. The number of fused-ring (bicyclic) bond motifs is 2. The third kappa shape index (κ3) is 2.72. The van der Waals surface area contributed by atoms with Gasteiger partial charge in [0.15, 0.2) is 11.5 Å². The fraction of sp³-hybridized carbons (Fsp3) is 0.632. The van der Waals surface area contributed by atoms with Gasteiger partial charge in [0.1, 0.15) is 0 Å². The average Bonchev–Trinajstić information content (AvgIpc) is 2.81. The van der Waals surface area contributed by atoms with Gasteiger partial charge in [-0.2, -0.15) is 4.31 Å². The second-order valence-electron chi connectivity index (χ2n) is 8.32. The van der Waals surface area contributed by atoms with Crippen LogP contribution in [0.4, 0.5) is 0 Å². The molecule has 3 aliphatic rings. The van der Waals surface area contributed by atoms with Crippen LogP contribution in [0.1, 0.15) is 26.7 Å². The van der Waals surface area contributed by atoms with Gasteiger partial charge < -0.3 is 14.2 Å². The highest BCUT2D eigenvalue weighted by Crippen LogP contribution is 2.63. The number of ether oxygens (including phenoxy) is 3. The third-order valence-electron chi connectivity index (χ3n) is 6.17. The summed E-state index contributed by atoms with van der Waals surface area (Å²) in [5.74, 6) is 0.634. The fourth-order valence-corrected chi connectivity index (χ4v) is 6.51. The molecule has 1 aromatic rings. The molecule has 0 N–H and O–H groups in total. The molecule has 2 fully saturated rings. The summed E-state index contributed by atoms with van der Waals surface area (Å²) in [7, 11) is -2.39. The van der Waals surface area contributed by atoms with Gasteiger partial charge in [0.25, 0.3) is 0 Å². The Balaban J connectivity index is 1.65. The van der Waals surface area contributed by atoms with Crippen LogP contribution >= 0.6 is 0 Å². The maximum absolute atomic E-state index is 13.3. The predicted molar refractivity (Wildman–Crippen MR) is 97.1 cm³/mol. The van der Waals surface area contributed by atoms with Gasteiger partial charge >= 0.3 is 5.97 Å². The quantitative estimate of drug-likeness (QED) is 0.729. The number of benzene rings is 1. The van der Waals surface area contributed by atoms with E-state index >= 15 is 0 Å². The van der Waals surface area contributed by atoms with Crippen LogP contribution in [0.5, 0.6) is 11.5 Å². The van der Waals surface area contributed by atoms with Gasteiger partial charge in [0, 0.05) is 25.6 Å². The summed E-state index contributed by atoms with van der Waals surface area (Å²) in [5, 5.41) is 0. The molecule has 0 amide bonds. The van der Waals surface area contributed by atoms with Crippen molar-refractivity contribution in [2.45, 2.75) is 31.6 Å². The predicted octanol–water partition coefficient (Wildman–Crippen LogP) is 2.06. The lowest BCUT2D eigenvalue weighted by atomic mass is 9.48. The molecule has 2 atom stereocenters. The molecule has 27 heavy (non-hydrogen) atoms. The van der Waals surface area contributed by atoms with Gasteiger partial charge in [-0.05, 0) is 29.9 Å². The lowest BCUT2D eigenvalue weighted by molar-refractivity contribution is -0.174. The van der Waals surface area contributed by atoms with Crippen LogP contribution in [0.2, 0.25) is 0 Å². The van der Waals surface area contributed by atoms with Crippen molar-refractivity contribution in [1.82, 2.24) is 4.31 Å². The first kappa shape index (κ1) is 18.6. The molecule has 7 nitrogen and oxygen atoms in total. The molecule has 2 aliphatic heterocycles. The molecule has 1 aromatic carbocycles. The van der Waals surface area contributed by atoms with E-state index < -0.39 is 15.4 Å². The Morgan fingerprint density at radius 2 is 1.93 bits per heavy atom. The van der Waals surface area contributed by atoms with Crippen molar-refractivity contribution in [3.05, 3.63) is 18.2 Å². The van der Waals surface area contributed by atoms with Gasteiger partial charge in [-0.15, -0.1) is 0 Å². The molecule has 0 unspecified atom stereocenters. The number of sulfonamides is 1. The number of hydrogen-bond acceptors (Lipinski definition) is 6. The highest BCUT2D eigenvalue weighted by Gasteiger charge is 2.68. The van der Waals surface area contributed by atoms with E-state index in [0.717, 1.165) is 6.42 Å². The first-order valence-corrected chi connectivity index (χ1v) is 10.6. The van der Waals surface area contributed by atoms with Gasteiger partial charge in [-0.1, -0.05) is 13.8 Å². The minimum Gasteiger partial charge on any atom is -0.490 e. The summed E-state index contributed by atoms with van der Waals surface area (Å²) < 4.78 is 44.2. The van der Waals surface area contributed by atoms with Crippen molar-refractivity contribution in [2.75, 3.05) is 33.4 Å². The molecule has 1 aliphatic carbocycles. The number of carbonyl (C=O) groups is 1. The molecule has 8 heteroatoms. The summed E-state index contributed by atoms with van der Waals surface area (Å²) in [6.45, 7) is 5.65. The van der Waals surface area contributed by atoms with Crippen LogP contribution in [0, 0.1) is 16.7 Å². The first-order valence-electron chi connectivity index (χ1n) is 9.19. The fourth-order valence-electron chi connectivity index (χ4n) is 4.97. The summed E-state index contributed by atoms with van der Waals surface area (Å²) in [4.78, 5) is 12.6. The molecule has 0 bridgehead atoms. The summed E-state index contributed by atoms with van der Waals surface area (Å²) in [6.07, 6.45) is 1.38. The zero-order valence-corrected chi connectivity index (χ0v) is 16.7. The minimum atomic E-state index is -3.75. The normalized spacial score (nSPS) is 29.4. The molecular weight excluding hydrogens is 370 g/mol. The van der Waals surface area contributed by atoms with Crippen molar-refractivity contribution in [1.29, 1.82) is 0 Å². The Morgan fingerprint density at radius 3 is 2.59 bits per heavy atom. The van der Waals surface area contributed by atoms with Crippen LogP contribution in [-0.2, 0) is 19.6 Å². The number of carbonyl (C=O) groups excluding carboxylic acids is 1. The average molecular weight is 395 g/mol. The van der Waals surface area contributed by atoms with Gasteiger partial charge in [0.05, 0.1) is 30.6 Å². The van der Waals surface area contributed by atoms with Crippen molar-refractivity contribution >= 4 is 16.0 Å². The lowest BCUT2D eigenvalue weighted by Crippen LogP contribution is -2.57. The Labute approximate surface area is 159 Å². The van der Waals surface area contributed by atoms with E-state index in [-0.39, 0.29) is 28.7 Å². The molecule has 0 spiro atoms. The largest absolute Gasteiger partial charge is 0.490 e. The van der Waals surface area contributed by atoms with Crippen molar-refractivity contribution < 1.29 is 27.4 Å². The maximum Gasteiger partial charge on any atom is 0.313 e. The lowest BCUT2D eigenvalue weighted by Gasteiger charge is -2.54. The Bertz CT molecular complexity index is 880. The first-order chi connectivity index (χ1) is 12.7. The second-order valence-corrected chi connectivity index (χ2v) is 10.3. The minimum absolute atomic E-state index is 0.0485. The molecule has 148 valence electrons. The number of hydrogen-bond donors (Lipinski definition) is 0. The van der Waals surface area contributed by atoms with E-state index in [9.17, 15) is 13.2 Å². The van der Waals surface area contributed by atoms with Crippen LogP contribution in [0.3, 0.4) is 0 Å². The van der Waals surface area contributed by atoms with Crippen LogP contribution < -0.4 is 9.47 Å². The smallest absolute Gasteiger partial charge is 0.313 e. The van der Waals surface area contributed by atoms with E-state index in [1.807, 2.05) is 0 Å². The number of rotatable bonds is 3. The van der Waals surface area contributed by atoms with Crippen molar-refractivity contribution in [3.63, 3.8) is 0 Å². The van der Waals surface area contributed by atoms with E-state index in [0.29, 0.717) is 37.7 Å². The number of nitrogens with zero attached hydrogens (tertiary/aromatic N) is 1. The standard InChI is InChI=1S/C19H25NO6S/c1-18(2)11-19(17(21)24-3)12-20(10-16(18)19)27(22,23)13-5-6-14-15(9-13)26-8-4-7-25-14/h5-6,9,16H,4,7-8,10-12H2,1-3H3/t16-,19+/m1/s1. The molecule has 2 heterocycles. The molecule has 1 saturated carbocycles. The van der Waals surface area contributed by atoms with Gasteiger partial charge in [0.2, 0.25) is 10.0 Å². The molecule has 0 aromatic heterocycles. The topological polar surface area (TPSA) is 82.1 Å². The maximum atomic E-state index is 13.3. The highest BCUT2D eigenvalue weighted by atomic mass is 32.2. The summed E-state index contributed by atoms with van der Waals surface area (Å²) >= 11 is 0. The van der Waals surface area contributed by atoms with Gasteiger partial charge in [-0.3, -0.25) is 4.79 Å². The van der Waals surface area contributed by atoms with Crippen LogP contribution in [0.15, 0.2) is 23.1 Å². The summed E-state index contributed by atoms with van der Waals surface area (Å²) in [6, 6.07) is 4.70. The number of methoxy groups -OCH3 is 1. The van der Waals surface area contributed by atoms with Crippen molar-refractivity contribution in [3.8, 4) is 11.5 Å². The highest BCUT2D eigenvalue weighted by molar-refractivity contribution is 7.89. The molecule has 0 radical (unpaired) electrons.